The molecule has 1 saturated carbocycles. The number of halogens is 1. The van der Waals surface area contributed by atoms with Crippen molar-refractivity contribution in [3.8, 4) is 0 Å². The summed E-state index contributed by atoms with van der Waals surface area (Å²) >= 11 is 0. The summed E-state index contributed by atoms with van der Waals surface area (Å²) in [5.74, 6) is 0.992. The summed E-state index contributed by atoms with van der Waals surface area (Å²) in [7, 11) is 1.90. The fraction of sp³-hybridized carbons (Fsp3) is 0.944. The number of piperazine rings is 3. The molecule has 1 aliphatic carbocycles. The topological polar surface area (TPSA) is 46.1 Å². The molecular weight excluding hydrogens is 427 g/mol. The summed E-state index contributed by atoms with van der Waals surface area (Å²) in [6.45, 7) is 9.64. The van der Waals surface area contributed by atoms with Crippen molar-refractivity contribution >= 4 is 29.9 Å². The second-order valence-corrected chi connectivity index (χ2v) is 8.01. The molecule has 0 spiro atoms. The van der Waals surface area contributed by atoms with E-state index in [2.05, 4.69) is 30.3 Å². The van der Waals surface area contributed by atoms with E-state index in [1.807, 2.05) is 7.05 Å². The lowest BCUT2D eigenvalue weighted by Crippen LogP contribution is -2.64. The molecule has 4 aliphatic heterocycles. The second-order valence-electron chi connectivity index (χ2n) is 8.01. The minimum absolute atomic E-state index is 0. The van der Waals surface area contributed by atoms with Gasteiger partial charge in [-0.2, -0.15) is 0 Å². The van der Waals surface area contributed by atoms with Gasteiger partial charge in [-0.25, -0.2) is 0 Å². The molecule has 0 aromatic rings. The van der Waals surface area contributed by atoms with Crippen molar-refractivity contribution < 1.29 is 0 Å². The Bertz CT molecular complexity index is 445. The van der Waals surface area contributed by atoms with Gasteiger partial charge in [0.2, 0.25) is 0 Å². The lowest BCUT2D eigenvalue weighted by Gasteiger charge is -2.47. The van der Waals surface area contributed by atoms with Gasteiger partial charge in [-0.1, -0.05) is 12.8 Å². The average molecular weight is 462 g/mol. The predicted molar refractivity (Wildman–Crippen MR) is 114 cm³/mol. The van der Waals surface area contributed by atoms with E-state index < -0.39 is 0 Å². The Kier molecular flexibility index (Phi) is 7.22. The zero-order valence-corrected chi connectivity index (χ0v) is 18.0. The van der Waals surface area contributed by atoms with Gasteiger partial charge in [0, 0.05) is 77.5 Å². The lowest BCUT2D eigenvalue weighted by molar-refractivity contribution is 0.0154. The molecule has 5 aliphatic rings. The van der Waals surface area contributed by atoms with Crippen LogP contribution in [0.4, 0.5) is 0 Å². The molecule has 0 radical (unpaired) electrons. The third kappa shape index (κ3) is 4.78. The second kappa shape index (κ2) is 9.19. The average Bonchev–Trinajstić information content (AvgIpc) is 3.31. The van der Waals surface area contributed by atoms with Crippen LogP contribution >= 0.6 is 24.0 Å². The van der Waals surface area contributed by atoms with Gasteiger partial charge in [0.1, 0.15) is 0 Å². The van der Waals surface area contributed by atoms with E-state index in [-0.39, 0.29) is 24.0 Å². The predicted octanol–water partition coefficient (Wildman–Crippen LogP) is 0.786. The molecule has 144 valence electrons. The fourth-order valence-corrected chi connectivity index (χ4v) is 5.03. The quantitative estimate of drug-likeness (QED) is 0.368. The number of rotatable bonds is 4. The maximum absolute atomic E-state index is 4.46. The molecule has 5 rings (SSSR count). The molecule has 7 heteroatoms. The molecule has 2 unspecified atom stereocenters. The van der Waals surface area contributed by atoms with Gasteiger partial charge in [-0.05, 0) is 19.3 Å². The van der Waals surface area contributed by atoms with Gasteiger partial charge < -0.3 is 10.6 Å². The molecule has 2 atom stereocenters. The highest BCUT2D eigenvalue weighted by Crippen LogP contribution is 2.26. The highest BCUT2D eigenvalue weighted by Gasteiger charge is 2.32. The van der Waals surface area contributed by atoms with E-state index >= 15 is 0 Å². The van der Waals surface area contributed by atoms with E-state index in [1.54, 1.807) is 0 Å². The number of likely N-dealkylation sites (tertiary alicyclic amines) is 1. The first-order chi connectivity index (χ1) is 11.8. The number of hydrogen-bond acceptors (Lipinski definition) is 4. The summed E-state index contributed by atoms with van der Waals surface area (Å²) in [5.41, 5.74) is 0. The zero-order valence-electron chi connectivity index (χ0n) is 15.6. The van der Waals surface area contributed by atoms with Crippen LogP contribution in [0.25, 0.3) is 0 Å². The van der Waals surface area contributed by atoms with E-state index in [4.69, 9.17) is 0 Å². The molecule has 2 bridgehead atoms. The monoisotopic (exact) mass is 462 g/mol. The van der Waals surface area contributed by atoms with Crippen molar-refractivity contribution in [1.82, 2.24) is 25.3 Å². The number of guanidine groups is 1. The van der Waals surface area contributed by atoms with Gasteiger partial charge >= 0.3 is 0 Å². The fourth-order valence-electron chi connectivity index (χ4n) is 5.03. The third-order valence-corrected chi connectivity index (χ3v) is 6.52. The Morgan fingerprint density at radius 3 is 2.36 bits per heavy atom. The van der Waals surface area contributed by atoms with Gasteiger partial charge in [-0.15, -0.1) is 24.0 Å². The molecule has 0 amide bonds. The molecule has 4 heterocycles. The SMILES string of the molecule is CN=C(NCC1CN2CCN1CC2)NC1CCN(C2CCCC2)C1.I. The molecule has 4 saturated heterocycles. The Morgan fingerprint density at radius 1 is 0.960 bits per heavy atom. The number of nitrogens with one attached hydrogen (secondary N) is 2. The van der Waals surface area contributed by atoms with Gasteiger partial charge in [0.05, 0.1) is 0 Å². The first-order valence-corrected chi connectivity index (χ1v) is 9.99. The standard InChI is InChI=1S/C18H34N6.HI/c1-19-18(20-12-17-14-22-8-10-23(17)11-9-22)21-15-6-7-24(13-15)16-4-2-3-5-16;/h15-17H,2-14H2,1H3,(H2,19,20,21);1H. The number of nitrogens with zero attached hydrogens (tertiary/aromatic N) is 4. The third-order valence-electron chi connectivity index (χ3n) is 6.52. The first-order valence-electron chi connectivity index (χ1n) is 9.99. The van der Waals surface area contributed by atoms with Crippen LogP contribution in [-0.2, 0) is 0 Å². The normalized spacial score (nSPS) is 36.4. The maximum Gasteiger partial charge on any atom is 0.191 e. The van der Waals surface area contributed by atoms with E-state index in [0.29, 0.717) is 12.1 Å². The summed E-state index contributed by atoms with van der Waals surface area (Å²) in [6.07, 6.45) is 6.93. The minimum atomic E-state index is 0. The Hall–Kier alpha value is -0.120. The van der Waals surface area contributed by atoms with Crippen LogP contribution < -0.4 is 10.6 Å². The summed E-state index contributed by atoms with van der Waals surface area (Å²) in [6, 6.07) is 2.06. The van der Waals surface area contributed by atoms with Crippen LogP contribution in [0.1, 0.15) is 32.1 Å². The van der Waals surface area contributed by atoms with Gasteiger partial charge in [-0.3, -0.25) is 19.7 Å². The van der Waals surface area contributed by atoms with Crippen LogP contribution in [-0.4, -0.2) is 98.2 Å². The molecule has 5 fully saturated rings. The van der Waals surface area contributed by atoms with Gasteiger partial charge in [0.15, 0.2) is 5.96 Å². The highest BCUT2D eigenvalue weighted by atomic mass is 127. The molecule has 0 aromatic carbocycles. The van der Waals surface area contributed by atoms with Crippen LogP contribution in [0.2, 0.25) is 0 Å². The van der Waals surface area contributed by atoms with Crippen LogP contribution in [0, 0.1) is 0 Å². The summed E-state index contributed by atoms with van der Waals surface area (Å²) < 4.78 is 0. The Morgan fingerprint density at radius 2 is 1.72 bits per heavy atom. The molecular formula is C18H35IN6. The van der Waals surface area contributed by atoms with Gasteiger partial charge in [0.25, 0.3) is 0 Å². The van der Waals surface area contributed by atoms with Crippen LogP contribution in [0.5, 0.6) is 0 Å². The molecule has 25 heavy (non-hydrogen) atoms. The van der Waals surface area contributed by atoms with Crippen molar-refractivity contribution in [2.45, 2.75) is 50.2 Å². The Balaban J connectivity index is 0.00000182. The number of aliphatic imine (C=N–C) groups is 1. The van der Waals surface area contributed by atoms with Crippen LogP contribution in [0.3, 0.4) is 0 Å². The summed E-state index contributed by atoms with van der Waals surface area (Å²) in [4.78, 5) is 12.4. The molecule has 0 aromatic heterocycles. The van der Waals surface area contributed by atoms with Crippen molar-refractivity contribution in [1.29, 1.82) is 0 Å². The largest absolute Gasteiger partial charge is 0.355 e. The smallest absolute Gasteiger partial charge is 0.191 e. The molecule has 2 N–H and O–H groups in total. The van der Waals surface area contributed by atoms with Crippen molar-refractivity contribution in [3.63, 3.8) is 0 Å². The van der Waals surface area contributed by atoms with Crippen molar-refractivity contribution in [3.05, 3.63) is 0 Å². The number of fused-ring (bicyclic) bond motifs is 3. The Labute approximate surface area is 169 Å². The summed E-state index contributed by atoms with van der Waals surface area (Å²) in [5, 5.41) is 7.26. The highest BCUT2D eigenvalue weighted by molar-refractivity contribution is 14.0. The van der Waals surface area contributed by atoms with E-state index in [0.717, 1.165) is 18.5 Å². The zero-order chi connectivity index (χ0) is 16.4. The number of hydrogen-bond donors (Lipinski definition) is 2. The van der Waals surface area contributed by atoms with E-state index in [1.165, 1.54) is 77.9 Å². The van der Waals surface area contributed by atoms with Crippen molar-refractivity contribution in [2.24, 2.45) is 4.99 Å². The van der Waals surface area contributed by atoms with Crippen LogP contribution in [0.15, 0.2) is 4.99 Å². The minimum Gasteiger partial charge on any atom is -0.355 e. The van der Waals surface area contributed by atoms with E-state index in [9.17, 15) is 0 Å². The lowest BCUT2D eigenvalue weighted by atomic mass is 10.1. The maximum atomic E-state index is 4.46. The molecule has 6 nitrogen and oxygen atoms in total. The first kappa shape index (κ1) is 19.6. The van der Waals surface area contributed by atoms with Crippen molar-refractivity contribution in [2.75, 3.05) is 59.4 Å².